The average Bonchev–Trinajstić information content (AvgIpc) is 3.04. The third-order valence-corrected chi connectivity index (χ3v) is 5.12. The summed E-state index contributed by atoms with van der Waals surface area (Å²) in [4.78, 5) is 15.0. The number of hydrogen-bond donors (Lipinski definition) is 1. The standard InChI is InChI=1S/C18H26N2O/c1-3-17-19-15(12-14-9-5-4-6-10-14)18(21)20(17)16-11-7-8-13(16)2/h4-6,9-10,13,15-17,19H,3,7-8,11-12H2,1-2H3. The lowest BCUT2D eigenvalue weighted by Gasteiger charge is -2.32. The van der Waals surface area contributed by atoms with Crippen molar-refractivity contribution >= 4 is 5.91 Å². The van der Waals surface area contributed by atoms with Crippen molar-refractivity contribution in [2.24, 2.45) is 5.92 Å². The largest absolute Gasteiger partial charge is 0.323 e. The minimum absolute atomic E-state index is 0.0508. The van der Waals surface area contributed by atoms with E-state index in [0.717, 1.165) is 12.8 Å². The summed E-state index contributed by atoms with van der Waals surface area (Å²) in [6.07, 6.45) is 5.69. The number of carbonyl (C=O) groups excluding carboxylic acids is 1. The van der Waals surface area contributed by atoms with Crippen molar-refractivity contribution in [1.29, 1.82) is 0 Å². The second kappa shape index (κ2) is 6.18. The van der Waals surface area contributed by atoms with Crippen molar-refractivity contribution < 1.29 is 4.79 Å². The van der Waals surface area contributed by atoms with Gasteiger partial charge in [-0.25, -0.2) is 0 Å². The highest BCUT2D eigenvalue weighted by molar-refractivity contribution is 5.85. The van der Waals surface area contributed by atoms with Crippen LogP contribution in [0.3, 0.4) is 0 Å². The van der Waals surface area contributed by atoms with Crippen LogP contribution in [-0.4, -0.2) is 29.1 Å². The lowest BCUT2D eigenvalue weighted by atomic mass is 10.0. The van der Waals surface area contributed by atoms with Crippen molar-refractivity contribution in [1.82, 2.24) is 10.2 Å². The average molecular weight is 286 g/mol. The zero-order chi connectivity index (χ0) is 14.8. The lowest BCUT2D eigenvalue weighted by Crippen LogP contribution is -2.45. The maximum atomic E-state index is 12.9. The van der Waals surface area contributed by atoms with Gasteiger partial charge in [0.15, 0.2) is 0 Å². The molecule has 3 nitrogen and oxygen atoms in total. The molecule has 1 saturated carbocycles. The molecule has 3 heteroatoms. The molecule has 0 bridgehead atoms. The first kappa shape index (κ1) is 14.6. The molecule has 2 fully saturated rings. The monoisotopic (exact) mass is 286 g/mol. The first-order valence-electron chi connectivity index (χ1n) is 8.33. The van der Waals surface area contributed by atoms with Gasteiger partial charge in [0.05, 0.1) is 12.2 Å². The summed E-state index contributed by atoms with van der Waals surface area (Å²) in [5, 5.41) is 3.56. The summed E-state index contributed by atoms with van der Waals surface area (Å²) in [6, 6.07) is 10.7. The van der Waals surface area contributed by atoms with E-state index in [4.69, 9.17) is 0 Å². The van der Waals surface area contributed by atoms with E-state index in [-0.39, 0.29) is 12.2 Å². The van der Waals surface area contributed by atoms with E-state index in [2.05, 4.69) is 36.2 Å². The fourth-order valence-corrected chi connectivity index (χ4v) is 3.96. The topological polar surface area (TPSA) is 32.3 Å². The Kier molecular flexibility index (Phi) is 4.29. The number of benzene rings is 1. The Morgan fingerprint density at radius 1 is 1.24 bits per heavy atom. The minimum Gasteiger partial charge on any atom is -0.323 e. The van der Waals surface area contributed by atoms with Gasteiger partial charge in [-0.15, -0.1) is 0 Å². The fourth-order valence-electron chi connectivity index (χ4n) is 3.96. The normalized spacial score (nSPS) is 32.9. The first-order chi connectivity index (χ1) is 10.2. The minimum atomic E-state index is -0.0508. The highest BCUT2D eigenvalue weighted by Crippen LogP contribution is 2.33. The molecule has 4 atom stereocenters. The van der Waals surface area contributed by atoms with Crippen molar-refractivity contribution in [3.8, 4) is 0 Å². The van der Waals surface area contributed by atoms with Gasteiger partial charge in [-0.3, -0.25) is 10.1 Å². The summed E-state index contributed by atoms with van der Waals surface area (Å²) >= 11 is 0. The van der Waals surface area contributed by atoms with Crippen LogP contribution in [0.5, 0.6) is 0 Å². The number of carbonyl (C=O) groups is 1. The van der Waals surface area contributed by atoms with Gasteiger partial charge >= 0.3 is 0 Å². The molecule has 114 valence electrons. The van der Waals surface area contributed by atoms with E-state index in [0.29, 0.717) is 17.9 Å². The molecular weight excluding hydrogens is 260 g/mol. The van der Waals surface area contributed by atoms with Crippen LogP contribution >= 0.6 is 0 Å². The second-order valence-corrected chi connectivity index (χ2v) is 6.55. The first-order valence-corrected chi connectivity index (χ1v) is 8.33. The molecule has 1 heterocycles. The summed E-state index contributed by atoms with van der Waals surface area (Å²) in [7, 11) is 0. The number of amides is 1. The molecule has 1 aromatic rings. The maximum Gasteiger partial charge on any atom is 0.241 e. The van der Waals surface area contributed by atoms with E-state index in [1.165, 1.54) is 24.8 Å². The predicted octanol–water partition coefficient (Wildman–Crippen LogP) is 2.95. The van der Waals surface area contributed by atoms with Gasteiger partial charge in [0.2, 0.25) is 5.91 Å². The third kappa shape index (κ3) is 2.84. The molecule has 1 aliphatic heterocycles. The SMILES string of the molecule is CCC1NC(Cc2ccccc2)C(=O)N1C1CCCC1C. The van der Waals surface area contributed by atoms with Gasteiger partial charge in [-0.1, -0.05) is 50.6 Å². The molecule has 2 aliphatic rings. The van der Waals surface area contributed by atoms with E-state index >= 15 is 0 Å². The summed E-state index contributed by atoms with van der Waals surface area (Å²) < 4.78 is 0. The van der Waals surface area contributed by atoms with Gasteiger partial charge < -0.3 is 4.90 Å². The van der Waals surface area contributed by atoms with Gasteiger partial charge in [-0.2, -0.15) is 0 Å². The Hall–Kier alpha value is -1.35. The smallest absolute Gasteiger partial charge is 0.241 e. The maximum absolute atomic E-state index is 12.9. The Balaban J connectivity index is 1.75. The summed E-state index contributed by atoms with van der Waals surface area (Å²) in [6.45, 7) is 4.46. The van der Waals surface area contributed by atoms with Crippen LogP contribution < -0.4 is 5.32 Å². The highest BCUT2D eigenvalue weighted by atomic mass is 16.2. The van der Waals surface area contributed by atoms with Crippen LogP contribution in [-0.2, 0) is 11.2 Å². The van der Waals surface area contributed by atoms with Crippen LogP contribution in [0.15, 0.2) is 30.3 Å². The molecule has 1 aliphatic carbocycles. The van der Waals surface area contributed by atoms with Crippen LogP contribution in [0.4, 0.5) is 0 Å². The Bertz CT molecular complexity index is 487. The van der Waals surface area contributed by atoms with Gasteiger partial charge in [0, 0.05) is 6.04 Å². The lowest BCUT2D eigenvalue weighted by molar-refractivity contribution is -0.133. The van der Waals surface area contributed by atoms with Crippen molar-refractivity contribution in [2.75, 3.05) is 0 Å². The number of rotatable bonds is 4. The van der Waals surface area contributed by atoms with Crippen molar-refractivity contribution in [2.45, 2.75) is 64.2 Å². The molecule has 1 N–H and O–H groups in total. The third-order valence-electron chi connectivity index (χ3n) is 5.12. The molecule has 1 amide bonds. The molecule has 1 aromatic carbocycles. The molecular formula is C18H26N2O. The fraction of sp³-hybridized carbons (Fsp3) is 0.611. The zero-order valence-electron chi connectivity index (χ0n) is 13.1. The predicted molar refractivity (Wildman–Crippen MR) is 84.8 cm³/mol. The van der Waals surface area contributed by atoms with E-state index in [1.54, 1.807) is 0 Å². The van der Waals surface area contributed by atoms with Gasteiger partial charge in [0.1, 0.15) is 0 Å². The van der Waals surface area contributed by atoms with Crippen molar-refractivity contribution in [3.63, 3.8) is 0 Å². The van der Waals surface area contributed by atoms with Crippen LogP contribution in [0.25, 0.3) is 0 Å². The van der Waals surface area contributed by atoms with Gasteiger partial charge in [-0.05, 0) is 37.2 Å². The number of nitrogens with zero attached hydrogens (tertiary/aromatic N) is 1. The van der Waals surface area contributed by atoms with E-state index in [9.17, 15) is 4.79 Å². The molecule has 21 heavy (non-hydrogen) atoms. The van der Waals surface area contributed by atoms with E-state index < -0.39 is 0 Å². The van der Waals surface area contributed by atoms with Crippen LogP contribution in [0, 0.1) is 5.92 Å². The Morgan fingerprint density at radius 2 is 2.00 bits per heavy atom. The van der Waals surface area contributed by atoms with Crippen LogP contribution in [0.1, 0.15) is 45.1 Å². The molecule has 4 unspecified atom stereocenters. The second-order valence-electron chi connectivity index (χ2n) is 6.55. The summed E-state index contributed by atoms with van der Waals surface area (Å²) in [5.41, 5.74) is 1.24. The number of nitrogens with one attached hydrogen (secondary N) is 1. The molecule has 0 radical (unpaired) electrons. The Labute approximate surface area is 127 Å². The summed E-state index contributed by atoms with van der Waals surface area (Å²) in [5.74, 6) is 0.949. The molecule has 0 spiro atoms. The van der Waals surface area contributed by atoms with Crippen molar-refractivity contribution in [3.05, 3.63) is 35.9 Å². The number of hydrogen-bond acceptors (Lipinski definition) is 2. The molecule has 3 rings (SSSR count). The molecule has 1 saturated heterocycles. The van der Waals surface area contributed by atoms with Crippen LogP contribution in [0.2, 0.25) is 0 Å². The molecule has 0 aromatic heterocycles. The highest BCUT2D eigenvalue weighted by Gasteiger charge is 2.44. The van der Waals surface area contributed by atoms with E-state index in [1.807, 2.05) is 18.2 Å². The quantitative estimate of drug-likeness (QED) is 0.923. The zero-order valence-corrected chi connectivity index (χ0v) is 13.1. The Morgan fingerprint density at radius 3 is 2.62 bits per heavy atom. The van der Waals surface area contributed by atoms with Gasteiger partial charge in [0.25, 0.3) is 0 Å².